The summed E-state index contributed by atoms with van der Waals surface area (Å²) in [5.41, 5.74) is 1.91. The highest BCUT2D eigenvalue weighted by atomic mass is 35.5. The summed E-state index contributed by atoms with van der Waals surface area (Å²) in [4.78, 5) is 25.3. The Hall–Kier alpha value is -1.59. The average Bonchev–Trinajstić information content (AvgIpc) is 2.64. The van der Waals surface area contributed by atoms with Crippen LogP contribution < -0.4 is 5.32 Å². The molecule has 1 aliphatic rings. The first-order chi connectivity index (χ1) is 10.5. The maximum atomic E-state index is 12.0. The minimum atomic E-state index is -0.978. The van der Waals surface area contributed by atoms with E-state index in [9.17, 15) is 14.7 Å². The molecule has 6 heteroatoms. The topological polar surface area (TPSA) is 69.6 Å². The minimum absolute atomic E-state index is 0.0114. The first-order valence-electron chi connectivity index (χ1n) is 7.46. The molecule has 120 valence electrons. The molecule has 1 atom stereocenters. The summed E-state index contributed by atoms with van der Waals surface area (Å²) in [6, 6.07) is 5.58. The predicted octanol–water partition coefficient (Wildman–Crippen LogP) is 1.64. The first-order valence-corrected chi connectivity index (χ1v) is 7.84. The summed E-state index contributed by atoms with van der Waals surface area (Å²) in [6.45, 7) is 2.80. The zero-order chi connectivity index (χ0) is 16.1. The predicted molar refractivity (Wildman–Crippen MR) is 84.5 cm³/mol. The third-order valence-electron chi connectivity index (χ3n) is 3.80. The zero-order valence-corrected chi connectivity index (χ0v) is 13.4. The van der Waals surface area contributed by atoms with Gasteiger partial charge in [0.1, 0.15) is 6.10 Å². The van der Waals surface area contributed by atoms with Crippen LogP contribution in [0.25, 0.3) is 0 Å². The van der Waals surface area contributed by atoms with Crippen molar-refractivity contribution in [3.8, 4) is 0 Å². The second kappa shape index (κ2) is 7.61. The SMILES string of the molecule is Cc1cc(CNC(=O)CN2CCCCC(O)C2=O)ccc1Cl. The molecule has 1 fully saturated rings. The number of carbonyl (C=O) groups is 2. The van der Waals surface area contributed by atoms with E-state index in [1.165, 1.54) is 4.90 Å². The maximum absolute atomic E-state index is 12.0. The second-order valence-corrected chi connectivity index (χ2v) is 6.04. The number of hydrogen-bond acceptors (Lipinski definition) is 3. The molecular weight excluding hydrogens is 304 g/mol. The van der Waals surface area contributed by atoms with E-state index in [2.05, 4.69) is 5.32 Å². The average molecular weight is 325 g/mol. The molecule has 1 unspecified atom stereocenters. The van der Waals surface area contributed by atoms with Crippen LogP contribution in [0, 0.1) is 6.92 Å². The molecule has 2 N–H and O–H groups in total. The molecule has 5 nitrogen and oxygen atoms in total. The number of nitrogens with zero attached hydrogens (tertiary/aromatic N) is 1. The van der Waals surface area contributed by atoms with Gasteiger partial charge < -0.3 is 15.3 Å². The van der Waals surface area contributed by atoms with Gasteiger partial charge in [-0.25, -0.2) is 0 Å². The van der Waals surface area contributed by atoms with Crippen LogP contribution in [0.5, 0.6) is 0 Å². The standard InChI is InChI=1S/C16H21ClN2O3/c1-11-8-12(5-6-13(11)17)9-18-15(21)10-19-7-3-2-4-14(20)16(19)22/h5-6,8,14,20H,2-4,7,9-10H2,1H3,(H,18,21). The van der Waals surface area contributed by atoms with Crippen molar-refractivity contribution in [2.75, 3.05) is 13.1 Å². The lowest BCUT2D eigenvalue weighted by atomic mass is 10.1. The maximum Gasteiger partial charge on any atom is 0.251 e. The normalized spacial score (nSPS) is 19.0. The number of likely N-dealkylation sites (tertiary alicyclic amines) is 1. The van der Waals surface area contributed by atoms with Gasteiger partial charge in [0.15, 0.2) is 0 Å². The van der Waals surface area contributed by atoms with Crippen LogP contribution in [0.4, 0.5) is 0 Å². The van der Waals surface area contributed by atoms with Gasteiger partial charge in [-0.15, -0.1) is 0 Å². The van der Waals surface area contributed by atoms with Gasteiger partial charge in [-0.3, -0.25) is 9.59 Å². The van der Waals surface area contributed by atoms with Crippen LogP contribution in [-0.2, 0) is 16.1 Å². The van der Waals surface area contributed by atoms with E-state index in [-0.39, 0.29) is 18.4 Å². The number of aliphatic hydroxyl groups is 1. The Labute approximate surface area is 135 Å². The number of aliphatic hydroxyl groups excluding tert-OH is 1. The van der Waals surface area contributed by atoms with Gasteiger partial charge in [-0.2, -0.15) is 0 Å². The number of hydrogen-bond donors (Lipinski definition) is 2. The van der Waals surface area contributed by atoms with Gasteiger partial charge in [0.2, 0.25) is 5.91 Å². The van der Waals surface area contributed by atoms with Gasteiger partial charge in [0.05, 0.1) is 6.54 Å². The molecule has 0 saturated carbocycles. The molecule has 2 amide bonds. The molecular formula is C16H21ClN2O3. The van der Waals surface area contributed by atoms with Crippen molar-refractivity contribution in [2.45, 2.75) is 38.8 Å². The molecule has 0 aromatic heterocycles. The van der Waals surface area contributed by atoms with Crippen molar-refractivity contribution in [2.24, 2.45) is 0 Å². The Balaban J connectivity index is 1.86. The summed E-state index contributed by atoms with van der Waals surface area (Å²) in [7, 11) is 0. The summed E-state index contributed by atoms with van der Waals surface area (Å²) in [5, 5.41) is 13.2. The van der Waals surface area contributed by atoms with Crippen LogP contribution in [0.2, 0.25) is 5.02 Å². The van der Waals surface area contributed by atoms with Crippen LogP contribution in [0.1, 0.15) is 30.4 Å². The number of carbonyl (C=O) groups excluding carboxylic acids is 2. The highest BCUT2D eigenvalue weighted by molar-refractivity contribution is 6.31. The van der Waals surface area contributed by atoms with E-state index in [0.29, 0.717) is 24.5 Å². The molecule has 1 aromatic rings. The lowest BCUT2D eigenvalue weighted by molar-refractivity contribution is -0.142. The van der Waals surface area contributed by atoms with Crippen molar-refractivity contribution in [3.63, 3.8) is 0 Å². The molecule has 1 heterocycles. The van der Waals surface area contributed by atoms with Crippen molar-refractivity contribution in [1.82, 2.24) is 10.2 Å². The zero-order valence-electron chi connectivity index (χ0n) is 12.6. The van der Waals surface area contributed by atoms with E-state index in [4.69, 9.17) is 11.6 Å². The lowest BCUT2D eigenvalue weighted by Gasteiger charge is -2.21. The molecule has 22 heavy (non-hydrogen) atoms. The Morgan fingerprint density at radius 3 is 2.95 bits per heavy atom. The summed E-state index contributed by atoms with van der Waals surface area (Å²) >= 11 is 5.96. The second-order valence-electron chi connectivity index (χ2n) is 5.63. The van der Waals surface area contributed by atoms with Crippen molar-refractivity contribution < 1.29 is 14.7 Å². The Morgan fingerprint density at radius 1 is 1.45 bits per heavy atom. The van der Waals surface area contributed by atoms with E-state index < -0.39 is 6.10 Å². The van der Waals surface area contributed by atoms with Gasteiger partial charge in [0.25, 0.3) is 5.91 Å². The molecule has 0 aliphatic carbocycles. The number of benzene rings is 1. The molecule has 1 aromatic carbocycles. The van der Waals surface area contributed by atoms with E-state index >= 15 is 0 Å². The Bertz CT molecular complexity index is 562. The van der Waals surface area contributed by atoms with Crippen molar-refractivity contribution in [3.05, 3.63) is 34.3 Å². The number of aryl methyl sites for hydroxylation is 1. The van der Waals surface area contributed by atoms with Crippen LogP contribution in [-0.4, -0.2) is 41.0 Å². The fourth-order valence-corrected chi connectivity index (χ4v) is 2.61. The third-order valence-corrected chi connectivity index (χ3v) is 4.22. The van der Waals surface area contributed by atoms with Gasteiger partial charge >= 0.3 is 0 Å². The smallest absolute Gasteiger partial charge is 0.251 e. The van der Waals surface area contributed by atoms with Crippen LogP contribution in [0.15, 0.2) is 18.2 Å². The van der Waals surface area contributed by atoms with Crippen molar-refractivity contribution in [1.29, 1.82) is 0 Å². The highest BCUT2D eigenvalue weighted by Crippen LogP contribution is 2.16. The monoisotopic (exact) mass is 324 g/mol. The quantitative estimate of drug-likeness (QED) is 0.884. The number of halogens is 1. The number of nitrogens with one attached hydrogen (secondary N) is 1. The van der Waals surface area contributed by atoms with Crippen LogP contribution >= 0.6 is 11.6 Å². The molecule has 0 spiro atoms. The van der Waals surface area contributed by atoms with E-state index in [1.807, 2.05) is 19.1 Å². The van der Waals surface area contributed by atoms with Gasteiger partial charge in [-0.05, 0) is 43.4 Å². The molecule has 0 radical (unpaired) electrons. The fraction of sp³-hybridized carbons (Fsp3) is 0.500. The van der Waals surface area contributed by atoms with Gasteiger partial charge in [0, 0.05) is 18.1 Å². The van der Waals surface area contributed by atoms with E-state index in [0.717, 1.165) is 24.0 Å². The number of amides is 2. The first kappa shape index (κ1) is 16.8. The summed E-state index contributed by atoms with van der Waals surface area (Å²) < 4.78 is 0. The van der Waals surface area contributed by atoms with Gasteiger partial charge in [-0.1, -0.05) is 23.7 Å². The lowest BCUT2D eigenvalue weighted by Crippen LogP contribution is -2.44. The fourth-order valence-electron chi connectivity index (χ4n) is 2.49. The third kappa shape index (κ3) is 4.45. The number of rotatable bonds is 4. The Morgan fingerprint density at radius 2 is 2.23 bits per heavy atom. The molecule has 2 rings (SSSR count). The summed E-state index contributed by atoms with van der Waals surface area (Å²) in [5.74, 6) is -0.579. The summed E-state index contributed by atoms with van der Waals surface area (Å²) in [6.07, 6.45) is 1.11. The largest absolute Gasteiger partial charge is 0.383 e. The Kier molecular flexibility index (Phi) is 5.80. The molecule has 1 saturated heterocycles. The molecule has 1 aliphatic heterocycles. The highest BCUT2D eigenvalue weighted by Gasteiger charge is 2.26. The molecule has 0 bridgehead atoms. The van der Waals surface area contributed by atoms with Crippen molar-refractivity contribution >= 4 is 23.4 Å². The minimum Gasteiger partial charge on any atom is -0.383 e. The van der Waals surface area contributed by atoms with Crippen LogP contribution in [0.3, 0.4) is 0 Å². The van der Waals surface area contributed by atoms with E-state index in [1.54, 1.807) is 6.07 Å².